The highest BCUT2D eigenvalue weighted by Gasteiger charge is 2.29. The summed E-state index contributed by atoms with van der Waals surface area (Å²) in [5.74, 6) is -0.186. The molecule has 2 aliphatic rings. The third kappa shape index (κ3) is 5.02. The van der Waals surface area contributed by atoms with E-state index >= 15 is 0 Å². The summed E-state index contributed by atoms with van der Waals surface area (Å²) < 4.78 is 27.5. The van der Waals surface area contributed by atoms with Gasteiger partial charge in [0.05, 0.1) is 11.3 Å². The van der Waals surface area contributed by atoms with Crippen molar-refractivity contribution in [2.24, 2.45) is 0 Å². The Balaban J connectivity index is 1.34. The lowest BCUT2D eigenvalue weighted by molar-refractivity contribution is -0.121. The monoisotopic (exact) mass is 455 g/mol. The van der Waals surface area contributed by atoms with Crippen LogP contribution in [0.3, 0.4) is 0 Å². The predicted octanol–water partition coefficient (Wildman–Crippen LogP) is 2.50. The molecule has 0 aromatic heterocycles. The van der Waals surface area contributed by atoms with Crippen LogP contribution in [0.25, 0.3) is 0 Å². The molecule has 2 aromatic rings. The molecule has 2 aliphatic heterocycles. The first-order valence-electron chi connectivity index (χ1n) is 11.2. The number of benzene rings is 2. The van der Waals surface area contributed by atoms with Gasteiger partial charge in [-0.1, -0.05) is 36.8 Å². The zero-order chi connectivity index (χ0) is 22.6. The van der Waals surface area contributed by atoms with Crippen LogP contribution in [-0.4, -0.2) is 50.7 Å². The molecule has 0 radical (unpaired) electrons. The molecule has 2 heterocycles. The Hall–Kier alpha value is -2.71. The van der Waals surface area contributed by atoms with Gasteiger partial charge in [-0.25, -0.2) is 8.42 Å². The molecule has 0 unspecified atom stereocenters. The van der Waals surface area contributed by atoms with E-state index in [-0.39, 0.29) is 31.2 Å². The second-order valence-electron chi connectivity index (χ2n) is 8.31. The summed E-state index contributed by atoms with van der Waals surface area (Å²) in [5, 5.41) is 2.80. The van der Waals surface area contributed by atoms with Crippen molar-refractivity contribution in [2.75, 3.05) is 31.1 Å². The lowest BCUT2D eigenvalue weighted by Crippen LogP contribution is -2.35. The average molecular weight is 456 g/mol. The average Bonchev–Trinajstić information content (AvgIpc) is 3.24. The summed E-state index contributed by atoms with van der Waals surface area (Å²) in [7, 11) is -3.49. The molecule has 2 aromatic carbocycles. The first-order valence-corrected chi connectivity index (χ1v) is 12.6. The first kappa shape index (κ1) is 22.5. The fourth-order valence-corrected chi connectivity index (χ4v) is 5.91. The molecule has 1 fully saturated rings. The van der Waals surface area contributed by atoms with Gasteiger partial charge in [0.1, 0.15) is 0 Å². The molecule has 0 atom stereocenters. The normalized spacial score (nSPS) is 16.6. The van der Waals surface area contributed by atoms with Gasteiger partial charge in [-0.2, -0.15) is 4.31 Å². The second-order valence-corrected chi connectivity index (χ2v) is 10.3. The second kappa shape index (κ2) is 9.83. The topological polar surface area (TPSA) is 86.8 Å². The predicted molar refractivity (Wildman–Crippen MR) is 123 cm³/mol. The highest BCUT2D eigenvalue weighted by Crippen LogP contribution is 2.32. The molecule has 32 heavy (non-hydrogen) atoms. The zero-order valence-corrected chi connectivity index (χ0v) is 18.9. The number of piperidine rings is 1. The molecule has 0 aliphatic carbocycles. The molecule has 1 N–H and O–H groups in total. The van der Waals surface area contributed by atoms with Crippen molar-refractivity contribution in [3.8, 4) is 0 Å². The van der Waals surface area contributed by atoms with Crippen LogP contribution in [0.1, 0.15) is 36.8 Å². The molecule has 0 bridgehead atoms. The SMILES string of the molecule is O=C(Cc1ccccc1)NCCC(=O)N1CCc2cc(S(=O)(=O)N3CCCCC3)ccc21. The summed E-state index contributed by atoms with van der Waals surface area (Å²) in [4.78, 5) is 26.8. The van der Waals surface area contributed by atoms with Gasteiger partial charge in [0.15, 0.2) is 0 Å². The van der Waals surface area contributed by atoms with Crippen molar-refractivity contribution in [2.45, 2.75) is 43.4 Å². The van der Waals surface area contributed by atoms with Crippen LogP contribution in [0.5, 0.6) is 0 Å². The minimum absolute atomic E-state index is 0.0737. The van der Waals surface area contributed by atoms with Gasteiger partial charge in [-0.05, 0) is 48.6 Å². The van der Waals surface area contributed by atoms with Crippen LogP contribution in [0.4, 0.5) is 5.69 Å². The third-order valence-electron chi connectivity index (χ3n) is 6.07. The standard InChI is InChI=1S/C24H29N3O4S/c28-23(17-19-7-3-1-4-8-19)25-13-11-24(29)27-16-12-20-18-21(9-10-22(20)27)32(30,31)26-14-5-2-6-15-26/h1,3-4,7-10,18H,2,5-6,11-17H2,(H,25,28). The lowest BCUT2D eigenvalue weighted by Gasteiger charge is -2.26. The molecule has 0 spiro atoms. The van der Waals surface area contributed by atoms with Crippen LogP contribution in [0, 0.1) is 0 Å². The summed E-state index contributed by atoms with van der Waals surface area (Å²) in [5.41, 5.74) is 2.58. The molecule has 0 saturated carbocycles. The number of carbonyl (C=O) groups excluding carboxylic acids is 2. The highest BCUT2D eigenvalue weighted by atomic mass is 32.2. The van der Waals surface area contributed by atoms with E-state index in [1.807, 2.05) is 30.3 Å². The van der Waals surface area contributed by atoms with E-state index in [4.69, 9.17) is 0 Å². The van der Waals surface area contributed by atoms with E-state index < -0.39 is 10.0 Å². The zero-order valence-electron chi connectivity index (χ0n) is 18.1. The molecule has 8 heteroatoms. The quantitative estimate of drug-likeness (QED) is 0.695. The highest BCUT2D eigenvalue weighted by molar-refractivity contribution is 7.89. The number of hydrogen-bond acceptors (Lipinski definition) is 4. The van der Waals surface area contributed by atoms with Crippen molar-refractivity contribution in [1.82, 2.24) is 9.62 Å². The number of amides is 2. The van der Waals surface area contributed by atoms with Gasteiger partial charge >= 0.3 is 0 Å². The van der Waals surface area contributed by atoms with Gasteiger partial charge in [0, 0.05) is 38.3 Å². The number of sulfonamides is 1. The Morgan fingerprint density at radius 3 is 2.44 bits per heavy atom. The molecular formula is C24H29N3O4S. The number of fused-ring (bicyclic) bond motifs is 1. The van der Waals surface area contributed by atoms with Crippen LogP contribution >= 0.6 is 0 Å². The van der Waals surface area contributed by atoms with Crippen molar-refractivity contribution in [3.63, 3.8) is 0 Å². The molecule has 1 saturated heterocycles. The summed E-state index contributed by atoms with van der Waals surface area (Å²) in [6.45, 7) is 1.94. The molecule has 170 valence electrons. The van der Waals surface area contributed by atoms with E-state index in [1.54, 1.807) is 27.4 Å². The van der Waals surface area contributed by atoms with Gasteiger partial charge in [0.25, 0.3) is 0 Å². The molecule has 4 rings (SSSR count). The number of hydrogen-bond donors (Lipinski definition) is 1. The lowest BCUT2D eigenvalue weighted by atomic mass is 10.1. The minimum atomic E-state index is -3.49. The van der Waals surface area contributed by atoms with Gasteiger partial charge in [-0.3, -0.25) is 9.59 Å². The first-order chi connectivity index (χ1) is 15.4. The maximum absolute atomic E-state index is 12.9. The van der Waals surface area contributed by atoms with E-state index in [1.165, 1.54) is 0 Å². The number of rotatable bonds is 7. The fourth-order valence-electron chi connectivity index (χ4n) is 4.34. The van der Waals surface area contributed by atoms with Gasteiger partial charge < -0.3 is 10.2 Å². The largest absolute Gasteiger partial charge is 0.355 e. The maximum Gasteiger partial charge on any atom is 0.243 e. The van der Waals surface area contributed by atoms with Crippen molar-refractivity contribution in [3.05, 3.63) is 59.7 Å². The van der Waals surface area contributed by atoms with Crippen molar-refractivity contribution < 1.29 is 18.0 Å². The fraction of sp³-hybridized carbons (Fsp3) is 0.417. The number of carbonyl (C=O) groups is 2. The summed E-state index contributed by atoms with van der Waals surface area (Å²) in [6, 6.07) is 14.5. The van der Waals surface area contributed by atoms with E-state index in [2.05, 4.69) is 5.32 Å². The Bertz CT molecular complexity index is 1080. The van der Waals surface area contributed by atoms with Crippen LogP contribution in [0.15, 0.2) is 53.4 Å². The van der Waals surface area contributed by atoms with Crippen molar-refractivity contribution >= 4 is 27.5 Å². The van der Waals surface area contributed by atoms with Crippen LogP contribution in [0.2, 0.25) is 0 Å². The van der Waals surface area contributed by atoms with Crippen LogP contribution < -0.4 is 10.2 Å². The number of nitrogens with one attached hydrogen (secondary N) is 1. The van der Waals surface area contributed by atoms with E-state index in [0.717, 1.165) is 36.1 Å². The van der Waals surface area contributed by atoms with Crippen molar-refractivity contribution in [1.29, 1.82) is 0 Å². The number of nitrogens with zero attached hydrogens (tertiary/aromatic N) is 2. The Morgan fingerprint density at radius 1 is 0.938 bits per heavy atom. The molecular weight excluding hydrogens is 426 g/mol. The van der Waals surface area contributed by atoms with E-state index in [0.29, 0.717) is 31.0 Å². The molecule has 7 nitrogen and oxygen atoms in total. The Kier molecular flexibility index (Phi) is 6.91. The maximum atomic E-state index is 12.9. The van der Waals surface area contributed by atoms with Gasteiger partial charge in [0.2, 0.25) is 21.8 Å². The van der Waals surface area contributed by atoms with Crippen LogP contribution in [-0.2, 0) is 32.5 Å². The molecule has 2 amide bonds. The number of anilines is 1. The van der Waals surface area contributed by atoms with Gasteiger partial charge in [-0.15, -0.1) is 0 Å². The Morgan fingerprint density at radius 2 is 1.69 bits per heavy atom. The smallest absolute Gasteiger partial charge is 0.243 e. The summed E-state index contributed by atoms with van der Waals surface area (Å²) in [6.07, 6.45) is 3.98. The Labute approximate surface area is 189 Å². The van der Waals surface area contributed by atoms with E-state index in [9.17, 15) is 18.0 Å². The minimum Gasteiger partial charge on any atom is -0.355 e. The summed E-state index contributed by atoms with van der Waals surface area (Å²) >= 11 is 0. The third-order valence-corrected chi connectivity index (χ3v) is 7.96.